The van der Waals surface area contributed by atoms with Gasteiger partial charge in [-0.15, -0.1) is 0 Å². The summed E-state index contributed by atoms with van der Waals surface area (Å²) in [5, 5.41) is 10.5. The van der Waals surface area contributed by atoms with Crippen LogP contribution in [0.3, 0.4) is 0 Å². The molecule has 25 heavy (non-hydrogen) atoms. The van der Waals surface area contributed by atoms with Crippen LogP contribution in [-0.4, -0.2) is 68.9 Å². The van der Waals surface area contributed by atoms with Crippen LogP contribution in [0.5, 0.6) is 11.5 Å². The largest absolute Gasteiger partial charge is 0.550 e. The lowest BCUT2D eigenvalue weighted by molar-refractivity contribution is -0.304. The Morgan fingerprint density at radius 1 is 1.04 bits per heavy atom. The number of carboxylic acid groups (broad SMARTS) is 1. The van der Waals surface area contributed by atoms with Gasteiger partial charge in [0.2, 0.25) is 15.9 Å². The third-order valence-corrected chi connectivity index (χ3v) is 5.93. The lowest BCUT2D eigenvalue weighted by atomic mass is 10.3. The predicted molar refractivity (Wildman–Crippen MR) is 82.4 cm³/mol. The van der Waals surface area contributed by atoms with Gasteiger partial charge in [-0.05, 0) is 12.1 Å². The molecule has 0 radical (unpaired) electrons. The first-order valence-electron chi connectivity index (χ1n) is 7.75. The molecular weight excluding hydrogens is 352 g/mol. The Labute approximate surface area is 144 Å². The number of rotatable bonds is 4. The summed E-state index contributed by atoms with van der Waals surface area (Å²) in [4.78, 5) is 23.6. The van der Waals surface area contributed by atoms with Crippen molar-refractivity contribution < 1.29 is 32.6 Å². The van der Waals surface area contributed by atoms with Crippen molar-refractivity contribution in [3.63, 3.8) is 0 Å². The topological polar surface area (TPSA) is 116 Å². The number of nitrogens with zero attached hydrogens (tertiary/aromatic N) is 2. The van der Waals surface area contributed by atoms with Crippen molar-refractivity contribution >= 4 is 21.9 Å². The van der Waals surface area contributed by atoms with Crippen LogP contribution in [0.1, 0.15) is 6.42 Å². The van der Waals surface area contributed by atoms with E-state index < -0.39 is 28.3 Å². The Morgan fingerprint density at radius 3 is 2.32 bits per heavy atom. The summed E-state index contributed by atoms with van der Waals surface area (Å²) in [6, 6.07) is 4.44. The van der Waals surface area contributed by atoms with Gasteiger partial charge in [0.25, 0.3) is 0 Å². The van der Waals surface area contributed by atoms with Gasteiger partial charge in [0, 0.05) is 32.2 Å². The van der Waals surface area contributed by atoms with Crippen molar-refractivity contribution in [2.45, 2.75) is 11.3 Å². The summed E-state index contributed by atoms with van der Waals surface area (Å²) in [7, 11) is -3.74. The molecule has 0 unspecified atom stereocenters. The molecule has 1 aromatic rings. The highest BCUT2D eigenvalue weighted by molar-refractivity contribution is 7.89. The van der Waals surface area contributed by atoms with Gasteiger partial charge in [-0.25, -0.2) is 8.42 Å². The third-order valence-electron chi connectivity index (χ3n) is 4.04. The van der Waals surface area contributed by atoms with Crippen LogP contribution in [0, 0.1) is 0 Å². The number of piperazine rings is 1. The van der Waals surface area contributed by atoms with E-state index in [0.29, 0.717) is 24.7 Å². The first-order chi connectivity index (χ1) is 11.9. The molecule has 0 aromatic heterocycles. The normalized spacial score (nSPS) is 18.0. The SMILES string of the molecule is O=C([O-])CC(=O)N1CCN(S(=O)(=O)c2ccc3c(c2)OCCO3)CC1. The van der Waals surface area contributed by atoms with Crippen LogP contribution in [-0.2, 0) is 19.6 Å². The van der Waals surface area contributed by atoms with Gasteiger partial charge >= 0.3 is 0 Å². The number of carboxylic acids is 1. The van der Waals surface area contributed by atoms with Gasteiger partial charge in [0.1, 0.15) is 13.2 Å². The maximum absolute atomic E-state index is 12.7. The monoisotopic (exact) mass is 369 g/mol. The predicted octanol–water partition coefficient (Wildman–Crippen LogP) is -1.57. The van der Waals surface area contributed by atoms with Crippen molar-refractivity contribution in [3.8, 4) is 11.5 Å². The molecule has 3 rings (SSSR count). The van der Waals surface area contributed by atoms with Gasteiger partial charge in [0.15, 0.2) is 11.5 Å². The summed E-state index contributed by atoms with van der Waals surface area (Å²) in [5.41, 5.74) is 0. The molecule has 1 aromatic carbocycles. The van der Waals surface area contributed by atoms with Crippen molar-refractivity contribution in [3.05, 3.63) is 18.2 Å². The molecule has 0 N–H and O–H groups in total. The van der Waals surface area contributed by atoms with Crippen LogP contribution in [0.25, 0.3) is 0 Å². The Hall–Kier alpha value is -2.33. The smallest absolute Gasteiger partial charge is 0.243 e. The molecule has 9 nitrogen and oxygen atoms in total. The van der Waals surface area contributed by atoms with E-state index in [2.05, 4.69) is 0 Å². The number of aliphatic carboxylic acids is 1. The molecule has 1 saturated heterocycles. The molecular formula is C15H17N2O7S-. The number of sulfonamides is 1. The molecule has 0 atom stereocenters. The molecule has 136 valence electrons. The van der Waals surface area contributed by atoms with E-state index in [1.807, 2.05) is 0 Å². The Bertz CT molecular complexity index is 785. The van der Waals surface area contributed by atoms with Crippen LogP contribution in [0.15, 0.2) is 23.1 Å². The number of hydrogen-bond acceptors (Lipinski definition) is 7. The highest BCUT2D eigenvalue weighted by Crippen LogP contribution is 2.33. The van der Waals surface area contributed by atoms with Crippen LogP contribution < -0.4 is 14.6 Å². The summed E-state index contributed by atoms with van der Waals surface area (Å²) >= 11 is 0. The average molecular weight is 369 g/mol. The zero-order chi connectivity index (χ0) is 18.0. The fraction of sp³-hybridized carbons (Fsp3) is 0.467. The number of fused-ring (bicyclic) bond motifs is 1. The Morgan fingerprint density at radius 2 is 1.68 bits per heavy atom. The Balaban J connectivity index is 1.70. The maximum atomic E-state index is 12.7. The lowest BCUT2D eigenvalue weighted by Crippen LogP contribution is -2.51. The average Bonchev–Trinajstić information content (AvgIpc) is 2.61. The van der Waals surface area contributed by atoms with Crippen molar-refractivity contribution in [1.29, 1.82) is 0 Å². The highest BCUT2D eigenvalue weighted by Gasteiger charge is 2.31. The van der Waals surface area contributed by atoms with Crippen molar-refractivity contribution in [2.75, 3.05) is 39.4 Å². The number of ether oxygens (including phenoxy) is 2. The van der Waals surface area contributed by atoms with E-state index in [0.717, 1.165) is 0 Å². The van der Waals surface area contributed by atoms with Crippen molar-refractivity contribution in [2.24, 2.45) is 0 Å². The second-order valence-electron chi connectivity index (χ2n) is 5.64. The lowest BCUT2D eigenvalue weighted by Gasteiger charge is -2.34. The van der Waals surface area contributed by atoms with Gasteiger partial charge in [-0.2, -0.15) is 4.31 Å². The van der Waals surface area contributed by atoms with Gasteiger partial charge < -0.3 is 24.3 Å². The van der Waals surface area contributed by atoms with E-state index in [1.54, 1.807) is 6.07 Å². The van der Waals surface area contributed by atoms with E-state index in [1.165, 1.54) is 21.3 Å². The first-order valence-corrected chi connectivity index (χ1v) is 9.19. The maximum Gasteiger partial charge on any atom is 0.243 e. The summed E-state index contributed by atoms with van der Waals surface area (Å²) in [6.45, 7) is 1.23. The molecule has 0 aliphatic carbocycles. The fourth-order valence-electron chi connectivity index (χ4n) is 2.75. The summed E-state index contributed by atoms with van der Waals surface area (Å²) in [5.74, 6) is -1.13. The molecule has 10 heteroatoms. The van der Waals surface area contributed by atoms with E-state index in [4.69, 9.17) is 9.47 Å². The number of amides is 1. The summed E-state index contributed by atoms with van der Waals surface area (Å²) < 4.78 is 37.6. The molecule has 0 bridgehead atoms. The number of benzene rings is 1. The minimum atomic E-state index is -3.74. The second kappa shape index (κ2) is 6.89. The number of carbonyl (C=O) groups excluding carboxylic acids is 2. The van der Waals surface area contributed by atoms with Gasteiger partial charge in [0.05, 0.1) is 17.3 Å². The molecule has 2 aliphatic rings. The van der Waals surface area contributed by atoms with Crippen molar-refractivity contribution in [1.82, 2.24) is 9.21 Å². The molecule has 2 heterocycles. The fourth-order valence-corrected chi connectivity index (χ4v) is 4.18. The van der Waals surface area contributed by atoms with Crippen LogP contribution in [0.2, 0.25) is 0 Å². The van der Waals surface area contributed by atoms with E-state index in [9.17, 15) is 23.1 Å². The zero-order valence-corrected chi connectivity index (χ0v) is 14.2. The van der Waals surface area contributed by atoms with Gasteiger partial charge in [-0.3, -0.25) is 4.79 Å². The minimum absolute atomic E-state index is 0.0891. The summed E-state index contributed by atoms with van der Waals surface area (Å²) in [6.07, 6.45) is -0.699. The quantitative estimate of drug-likeness (QED) is 0.589. The van der Waals surface area contributed by atoms with E-state index in [-0.39, 0.29) is 31.1 Å². The molecule has 0 saturated carbocycles. The highest BCUT2D eigenvalue weighted by atomic mass is 32.2. The number of carbonyl (C=O) groups is 2. The standard InChI is InChI=1S/C15H18N2O7S/c18-14(10-15(19)20)16-3-5-17(6-4-16)25(21,22)11-1-2-12-13(9-11)24-8-7-23-12/h1-2,9H,3-8,10H2,(H,19,20)/p-1. The molecule has 1 amide bonds. The van der Waals surface area contributed by atoms with Crippen LogP contribution >= 0.6 is 0 Å². The van der Waals surface area contributed by atoms with Crippen LogP contribution in [0.4, 0.5) is 0 Å². The molecule has 1 fully saturated rings. The first kappa shape index (κ1) is 17.5. The number of hydrogen-bond donors (Lipinski definition) is 0. The third kappa shape index (κ3) is 3.69. The minimum Gasteiger partial charge on any atom is -0.550 e. The Kier molecular flexibility index (Phi) is 4.82. The van der Waals surface area contributed by atoms with Gasteiger partial charge in [-0.1, -0.05) is 0 Å². The molecule has 2 aliphatic heterocycles. The second-order valence-corrected chi connectivity index (χ2v) is 7.58. The molecule has 0 spiro atoms. The zero-order valence-electron chi connectivity index (χ0n) is 13.3. The van der Waals surface area contributed by atoms with E-state index >= 15 is 0 Å².